The Bertz CT molecular complexity index is 601. The van der Waals surface area contributed by atoms with E-state index < -0.39 is 0 Å². The Morgan fingerprint density at radius 2 is 2.11 bits per heavy atom. The van der Waals surface area contributed by atoms with Crippen LogP contribution >= 0.6 is 11.6 Å². The van der Waals surface area contributed by atoms with Crippen molar-refractivity contribution in [3.8, 4) is 5.75 Å². The number of carbonyl (C=O) groups is 1. The van der Waals surface area contributed by atoms with Crippen molar-refractivity contribution in [2.75, 3.05) is 18.2 Å². The zero-order valence-corrected chi connectivity index (χ0v) is 10.8. The van der Waals surface area contributed by atoms with Gasteiger partial charge in [0.05, 0.1) is 12.8 Å². The first kappa shape index (κ1) is 13.1. The molecule has 0 saturated carbocycles. The van der Waals surface area contributed by atoms with Gasteiger partial charge in [-0.05, 0) is 30.3 Å². The number of rotatable bonds is 3. The van der Waals surface area contributed by atoms with Gasteiger partial charge in [0.15, 0.2) is 11.0 Å². The van der Waals surface area contributed by atoms with Crippen molar-refractivity contribution in [3.63, 3.8) is 0 Å². The van der Waals surface area contributed by atoms with Crippen LogP contribution in [0.2, 0.25) is 5.15 Å². The van der Waals surface area contributed by atoms with Crippen LogP contribution in [0.4, 0.5) is 11.5 Å². The van der Waals surface area contributed by atoms with Crippen LogP contribution < -0.4 is 15.8 Å². The topological polar surface area (TPSA) is 90.1 Å². The molecule has 1 aromatic carbocycles. The number of benzene rings is 1. The molecular formula is C12H11ClN4O2. The number of aromatic nitrogens is 2. The van der Waals surface area contributed by atoms with E-state index >= 15 is 0 Å². The highest BCUT2D eigenvalue weighted by atomic mass is 35.5. The number of hydrogen-bond acceptors (Lipinski definition) is 5. The number of nitrogen functional groups attached to an aromatic ring is 1. The SMILES string of the molecule is COc1ccc(C(=O)Nc2ccc(Cl)nn2)cc1N. The van der Waals surface area contributed by atoms with Crippen LogP contribution in [0.15, 0.2) is 30.3 Å². The molecule has 0 unspecified atom stereocenters. The maximum Gasteiger partial charge on any atom is 0.256 e. The third kappa shape index (κ3) is 3.11. The summed E-state index contributed by atoms with van der Waals surface area (Å²) in [6, 6.07) is 7.84. The number of nitrogens with two attached hydrogens (primary N) is 1. The maximum atomic E-state index is 11.9. The van der Waals surface area contributed by atoms with Crippen molar-refractivity contribution in [1.82, 2.24) is 10.2 Å². The highest BCUT2D eigenvalue weighted by molar-refractivity contribution is 6.29. The second-order valence-electron chi connectivity index (χ2n) is 3.65. The van der Waals surface area contributed by atoms with E-state index in [1.54, 1.807) is 18.2 Å². The molecule has 2 rings (SSSR count). The molecular weight excluding hydrogens is 268 g/mol. The molecule has 0 aliphatic heterocycles. The molecule has 0 fully saturated rings. The molecule has 0 aliphatic rings. The first-order valence-corrected chi connectivity index (χ1v) is 5.72. The van der Waals surface area contributed by atoms with Crippen molar-refractivity contribution >= 4 is 29.0 Å². The predicted octanol–water partition coefficient (Wildman–Crippen LogP) is 1.97. The summed E-state index contributed by atoms with van der Waals surface area (Å²) in [6.45, 7) is 0. The molecule has 3 N–H and O–H groups in total. The Morgan fingerprint density at radius 1 is 1.32 bits per heavy atom. The number of anilines is 2. The summed E-state index contributed by atoms with van der Waals surface area (Å²) in [6.07, 6.45) is 0. The van der Waals surface area contributed by atoms with Gasteiger partial charge in [-0.3, -0.25) is 4.79 Å². The van der Waals surface area contributed by atoms with E-state index in [9.17, 15) is 4.79 Å². The molecule has 19 heavy (non-hydrogen) atoms. The van der Waals surface area contributed by atoms with Crippen LogP contribution in [0.5, 0.6) is 5.75 Å². The number of nitrogens with one attached hydrogen (secondary N) is 1. The number of methoxy groups -OCH3 is 1. The number of hydrogen-bond donors (Lipinski definition) is 2. The third-order valence-electron chi connectivity index (χ3n) is 2.37. The average molecular weight is 279 g/mol. The number of ether oxygens (including phenoxy) is 1. The van der Waals surface area contributed by atoms with E-state index in [1.807, 2.05) is 0 Å². The van der Waals surface area contributed by atoms with E-state index in [4.69, 9.17) is 22.1 Å². The highest BCUT2D eigenvalue weighted by Gasteiger charge is 2.09. The van der Waals surface area contributed by atoms with Gasteiger partial charge in [0, 0.05) is 5.56 Å². The van der Waals surface area contributed by atoms with Crippen LogP contribution in [-0.2, 0) is 0 Å². The summed E-state index contributed by atoms with van der Waals surface area (Å²) in [5.74, 6) is 0.484. The minimum atomic E-state index is -0.342. The normalized spacial score (nSPS) is 10.0. The van der Waals surface area contributed by atoms with Gasteiger partial charge in [0.25, 0.3) is 5.91 Å². The van der Waals surface area contributed by atoms with Crippen LogP contribution in [0, 0.1) is 0 Å². The summed E-state index contributed by atoms with van der Waals surface area (Å²) in [5.41, 5.74) is 6.52. The van der Waals surface area contributed by atoms with Gasteiger partial charge < -0.3 is 15.8 Å². The fraction of sp³-hybridized carbons (Fsp3) is 0.0833. The van der Waals surface area contributed by atoms with E-state index in [-0.39, 0.29) is 11.1 Å². The summed E-state index contributed by atoms with van der Waals surface area (Å²) in [7, 11) is 1.51. The predicted molar refractivity (Wildman–Crippen MR) is 72.4 cm³/mol. The number of carbonyl (C=O) groups excluding carboxylic acids is 1. The minimum absolute atomic E-state index is 0.256. The monoisotopic (exact) mass is 278 g/mol. The quantitative estimate of drug-likeness (QED) is 0.838. The highest BCUT2D eigenvalue weighted by Crippen LogP contribution is 2.22. The lowest BCUT2D eigenvalue weighted by molar-refractivity contribution is 0.102. The van der Waals surface area contributed by atoms with Crippen LogP contribution in [0.25, 0.3) is 0 Å². The lowest BCUT2D eigenvalue weighted by atomic mass is 10.2. The van der Waals surface area contributed by atoms with E-state index in [0.717, 1.165) is 0 Å². The molecule has 0 saturated heterocycles. The molecule has 1 amide bonds. The van der Waals surface area contributed by atoms with Gasteiger partial charge in [-0.1, -0.05) is 11.6 Å². The van der Waals surface area contributed by atoms with Crippen molar-refractivity contribution in [2.45, 2.75) is 0 Å². The Balaban J connectivity index is 2.16. The molecule has 0 atom stereocenters. The molecule has 0 spiro atoms. The first-order chi connectivity index (χ1) is 9.10. The van der Waals surface area contributed by atoms with Crippen molar-refractivity contribution < 1.29 is 9.53 Å². The zero-order chi connectivity index (χ0) is 13.8. The summed E-state index contributed by atoms with van der Waals surface area (Å²) in [5, 5.41) is 10.2. The summed E-state index contributed by atoms with van der Waals surface area (Å²) >= 11 is 5.60. The maximum absolute atomic E-state index is 11.9. The molecule has 1 heterocycles. The second-order valence-corrected chi connectivity index (χ2v) is 4.04. The Kier molecular flexibility index (Phi) is 3.82. The first-order valence-electron chi connectivity index (χ1n) is 5.34. The molecule has 0 bridgehead atoms. The average Bonchev–Trinajstić information content (AvgIpc) is 2.41. The standard InChI is InChI=1S/C12H11ClN4O2/c1-19-9-3-2-7(6-8(9)14)12(18)15-11-5-4-10(13)16-17-11/h2-6H,14H2,1H3,(H,15,17,18). The van der Waals surface area contributed by atoms with Gasteiger partial charge in [-0.25, -0.2) is 0 Å². The second kappa shape index (κ2) is 5.53. The minimum Gasteiger partial charge on any atom is -0.495 e. The third-order valence-corrected chi connectivity index (χ3v) is 2.57. The van der Waals surface area contributed by atoms with Gasteiger partial charge in [-0.15, -0.1) is 10.2 Å². The van der Waals surface area contributed by atoms with E-state index in [0.29, 0.717) is 22.8 Å². The number of amides is 1. The Labute approximate surface area is 114 Å². The molecule has 6 nitrogen and oxygen atoms in total. The molecule has 2 aromatic rings. The fourth-order valence-electron chi connectivity index (χ4n) is 1.45. The van der Waals surface area contributed by atoms with Crippen LogP contribution in [0.3, 0.4) is 0 Å². The van der Waals surface area contributed by atoms with Gasteiger partial charge in [0.2, 0.25) is 0 Å². The molecule has 98 valence electrons. The molecule has 1 aromatic heterocycles. The summed E-state index contributed by atoms with van der Waals surface area (Å²) in [4.78, 5) is 11.9. The number of halogens is 1. The smallest absolute Gasteiger partial charge is 0.256 e. The molecule has 0 radical (unpaired) electrons. The van der Waals surface area contributed by atoms with E-state index in [1.165, 1.54) is 19.2 Å². The van der Waals surface area contributed by atoms with Gasteiger partial charge in [0.1, 0.15) is 5.75 Å². The lowest BCUT2D eigenvalue weighted by Gasteiger charge is -2.07. The Hall–Kier alpha value is -2.34. The molecule has 0 aliphatic carbocycles. The van der Waals surface area contributed by atoms with Crippen molar-refractivity contribution in [1.29, 1.82) is 0 Å². The zero-order valence-electron chi connectivity index (χ0n) is 10.1. The number of nitrogens with zero attached hydrogens (tertiary/aromatic N) is 2. The van der Waals surface area contributed by atoms with Gasteiger partial charge in [-0.2, -0.15) is 0 Å². The van der Waals surface area contributed by atoms with E-state index in [2.05, 4.69) is 15.5 Å². The van der Waals surface area contributed by atoms with Crippen LogP contribution in [0.1, 0.15) is 10.4 Å². The Morgan fingerprint density at radius 3 is 2.68 bits per heavy atom. The van der Waals surface area contributed by atoms with Gasteiger partial charge >= 0.3 is 0 Å². The summed E-state index contributed by atoms with van der Waals surface area (Å²) < 4.78 is 5.02. The molecule has 7 heteroatoms. The largest absolute Gasteiger partial charge is 0.495 e. The van der Waals surface area contributed by atoms with Crippen molar-refractivity contribution in [2.24, 2.45) is 0 Å². The van der Waals surface area contributed by atoms with Crippen molar-refractivity contribution in [3.05, 3.63) is 41.0 Å². The van der Waals surface area contributed by atoms with Crippen LogP contribution in [-0.4, -0.2) is 23.2 Å². The lowest BCUT2D eigenvalue weighted by Crippen LogP contribution is -2.13. The fourth-order valence-corrected chi connectivity index (χ4v) is 1.55.